The molecule has 0 aliphatic heterocycles. The molecule has 2 aromatic rings. The van der Waals surface area contributed by atoms with Gasteiger partial charge in [-0.15, -0.1) is 0 Å². The van der Waals surface area contributed by atoms with Crippen molar-refractivity contribution in [2.75, 3.05) is 19.7 Å². The first-order valence-corrected chi connectivity index (χ1v) is 10.9. The predicted molar refractivity (Wildman–Crippen MR) is 115 cm³/mol. The molecule has 0 aromatic heterocycles. The molecule has 35 heavy (non-hydrogen) atoms. The van der Waals surface area contributed by atoms with Gasteiger partial charge < -0.3 is 9.84 Å². The second-order valence-electron chi connectivity index (χ2n) is 7.87. The smallest absolute Gasteiger partial charge is 0.458 e. The highest BCUT2D eigenvalue weighted by Gasteiger charge is 2.58. The van der Waals surface area contributed by atoms with Crippen molar-refractivity contribution in [3.8, 4) is 5.75 Å². The molecule has 1 N–H and O–H groups in total. The summed E-state index contributed by atoms with van der Waals surface area (Å²) in [6.07, 6.45) is -12.6. The number of alkyl halides is 8. The maximum absolute atomic E-state index is 13.7. The Bertz CT molecular complexity index is 965. The van der Waals surface area contributed by atoms with E-state index in [-0.39, 0.29) is 25.1 Å². The lowest BCUT2D eigenvalue weighted by molar-refractivity contribution is -0.289. The van der Waals surface area contributed by atoms with Crippen LogP contribution in [0, 0.1) is 0 Å². The molecule has 0 saturated carbocycles. The molecule has 0 amide bonds. The molecule has 1 atom stereocenters. The molecule has 0 radical (unpaired) electrons. The molecule has 1 unspecified atom stereocenters. The van der Waals surface area contributed by atoms with Crippen LogP contribution in [0.2, 0.25) is 5.02 Å². The van der Waals surface area contributed by atoms with Gasteiger partial charge in [-0.05, 0) is 48.2 Å². The summed E-state index contributed by atoms with van der Waals surface area (Å²) in [6, 6.07) is 8.37. The number of rotatable bonds is 11. The Morgan fingerprint density at radius 2 is 1.69 bits per heavy atom. The Balaban J connectivity index is 2.10. The van der Waals surface area contributed by atoms with Gasteiger partial charge in [-0.1, -0.05) is 36.7 Å². The third-order valence-corrected chi connectivity index (χ3v) is 5.51. The van der Waals surface area contributed by atoms with Crippen molar-refractivity contribution in [2.24, 2.45) is 0 Å². The number of hydrogen-bond acceptors (Lipinski definition) is 3. The van der Waals surface area contributed by atoms with E-state index in [2.05, 4.69) is 0 Å². The van der Waals surface area contributed by atoms with Gasteiger partial charge in [0.1, 0.15) is 5.75 Å². The normalized spacial score (nSPS) is 13.8. The fraction of sp³-hybridized carbons (Fsp3) is 0.478. The molecule has 0 aliphatic carbocycles. The van der Waals surface area contributed by atoms with E-state index in [0.717, 1.165) is 16.5 Å². The second-order valence-corrected chi connectivity index (χ2v) is 8.28. The number of aliphatic hydroxyl groups is 1. The Labute approximate surface area is 202 Å². The monoisotopic (exact) mass is 533 g/mol. The zero-order chi connectivity index (χ0) is 26.4. The van der Waals surface area contributed by atoms with Gasteiger partial charge in [0.2, 0.25) is 0 Å². The molecular weight excluding hydrogens is 510 g/mol. The fourth-order valence-electron chi connectivity index (χ4n) is 3.26. The standard InChI is InChI=1S/C23H24ClF8NO2/c1-2-16-12-18(7-8-19(16)24)35-10-4-9-33(14-20(34)22(27,28)29)13-15-5-3-6-17(11-15)21(25,26)23(30,31)32/h3,5-8,11-12,20,34H,2,4,9-10,13-14H2,1H3. The maximum atomic E-state index is 13.7. The van der Waals surface area contributed by atoms with Crippen LogP contribution in [0.1, 0.15) is 30.0 Å². The maximum Gasteiger partial charge on any atom is 0.458 e. The fourth-order valence-corrected chi connectivity index (χ4v) is 3.51. The number of benzene rings is 2. The Morgan fingerprint density at radius 3 is 2.29 bits per heavy atom. The van der Waals surface area contributed by atoms with Crippen molar-refractivity contribution < 1.29 is 45.0 Å². The zero-order valence-electron chi connectivity index (χ0n) is 18.6. The first kappa shape index (κ1) is 29.1. The van der Waals surface area contributed by atoms with Crippen molar-refractivity contribution in [2.45, 2.75) is 50.7 Å². The Kier molecular flexibility index (Phi) is 9.78. The topological polar surface area (TPSA) is 32.7 Å². The van der Waals surface area contributed by atoms with Crippen LogP contribution < -0.4 is 4.74 Å². The van der Waals surface area contributed by atoms with Crippen LogP contribution >= 0.6 is 11.6 Å². The van der Waals surface area contributed by atoms with Crippen LogP contribution in [0.5, 0.6) is 5.75 Å². The van der Waals surface area contributed by atoms with E-state index in [1.54, 1.807) is 18.2 Å². The Morgan fingerprint density at radius 1 is 1.00 bits per heavy atom. The van der Waals surface area contributed by atoms with Crippen molar-refractivity contribution in [1.29, 1.82) is 0 Å². The summed E-state index contributed by atoms with van der Waals surface area (Å²) in [7, 11) is 0. The molecule has 3 nitrogen and oxygen atoms in total. The van der Waals surface area contributed by atoms with Gasteiger partial charge in [0, 0.05) is 30.2 Å². The molecule has 2 rings (SSSR count). The van der Waals surface area contributed by atoms with Gasteiger partial charge in [0.25, 0.3) is 0 Å². The third-order valence-electron chi connectivity index (χ3n) is 5.15. The van der Waals surface area contributed by atoms with Crippen LogP contribution in [0.15, 0.2) is 42.5 Å². The lowest BCUT2D eigenvalue weighted by Gasteiger charge is -2.27. The molecule has 196 valence electrons. The minimum atomic E-state index is -5.82. The number of aryl methyl sites for hydroxylation is 1. The average Bonchev–Trinajstić information content (AvgIpc) is 2.76. The lowest BCUT2D eigenvalue weighted by Crippen LogP contribution is -2.41. The van der Waals surface area contributed by atoms with Crippen molar-refractivity contribution >= 4 is 11.6 Å². The van der Waals surface area contributed by atoms with E-state index in [4.69, 9.17) is 16.3 Å². The molecule has 0 saturated heterocycles. The van der Waals surface area contributed by atoms with Crippen LogP contribution in [-0.4, -0.2) is 48.2 Å². The summed E-state index contributed by atoms with van der Waals surface area (Å²) in [5.74, 6) is -4.63. The summed E-state index contributed by atoms with van der Waals surface area (Å²) in [6.45, 7) is 0.630. The Hall–Kier alpha value is -2.11. The molecule has 0 heterocycles. The van der Waals surface area contributed by atoms with E-state index >= 15 is 0 Å². The van der Waals surface area contributed by atoms with E-state index in [1.165, 1.54) is 6.07 Å². The van der Waals surface area contributed by atoms with Crippen molar-refractivity contribution in [1.82, 2.24) is 4.90 Å². The third kappa shape index (κ3) is 8.22. The number of nitrogens with zero attached hydrogens (tertiary/aromatic N) is 1. The second kappa shape index (κ2) is 11.7. The van der Waals surface area contributed by atoms with Gasteiger partial charge in [0.15, 0.2) is 6.10 Å². The predicted octanol–water partition coefficient (Wildman–Crippen LogP) is 6.75. The van der Waals surface area contributed by atoms with Gasteiger partial charge >= 0.3 is 18.3 Å². The van der Waals surface area contributed by atoms with Crippen molar-refractivity contribution in [3.63, 3.8) is 0 Å². The van der Waals surface area contributed by atoms with Crippen LogP contribution in [0.3, 0.4) is 0 Å². The highest BCUT2D eigenvalue weighted by atomic mass is 35.5. The summed E-state index contributed by atoms with van der Waals surface area (Å²) in [4.78, 5) is 1.12. The SMILES string of the molecule is CCc1cc(OCCCN(Cc2cccc(C(F)(F)C(F)(F)F)c2)CC(O)C(F)(F)F)ccc1Cl. The van der Waals surface area contributed by atoms with Crippen molar-refractivity contribution in [3.05, 3.63) is 64.2 Å². The highest BCUT2D eigenvalue weighted by molar-refractivity contribution is 6.31. The van der Waals surface area contributed by atoms with E-state index in [0.29, 0.717) is 29.3 Å². The van der Waals surface area contributed by atoms with Gasteiger partial charge in [-0.3, -0.25) is 4.90 Å². The van der Waals surface area contributed by atoms with E-state index in [1.807, 2.05) is 6.92 Å². The first-order chi connectivity index (χ1) is 16.1. The number of aliphatic hydroxyl groups excluding tert-OH is 1. The number of ether oxygens (including phenoxy) is 1. The number of hydrogen-bond donors (Lipinski definition) is 1. The minimum absolute atomic E-state index is 0.0543. The average molecular weight is 534 g/mol. The molecule has 0 aliphatic rings. The summed E-state index contributed by atoms with van der Waals surface area (Å²) >= 11 is 6.04. The van der Waals surface area contributed by atoms with Gasteiger partial charge in [0.05, 0.1) is 6.61 Å². The molecule has 2 aromatic carbocycles. The van der Waals surface area contributed by atoms with Gasteiger partial charge in [-0.2, -0.15) is 35.1 Å². The minimum Gasteiger partial charge on any atom is -0.494 e. The summed E-state index contributed by atoms with van der Waals surface area (Å²) in [5, 5.41) is 10.0. The van der Waals surface area contributed by atoms with Crippen LogP contribution in [-0.2, 0) is 18.9 Å². The molecule has 12 heteroatoms. The molecule has 0 fully saturated rings. The van der Waals surface area contributed by atoms with Crippen LogP contribution in [0.4, 0.5) is 35.1 Å². The van der Waals surface area contributed by atoms with Crippen LogP contribution in [0.25, 0.3) is 0 Å². The summed E-state index contributed by atoms with van der Waals surface area (Å²) < 4.78 is 110. The first-order valence-electron chi connectivity index (χ1n) is 10.6. The lowest BCUT2D eigenvalue weighted by atomic mass is 10.0. The summed E-state index contributed by atoms with van der Waals surface area (Å²) in [5.41, 5.74) is -0.543. The largest absolute Gasteiger partial charge is 0.494 e. The number of halogens is 9. The molecule has 0 spiro atoms. The molecular formula is C23H24ClF8NO2. The zero-order valence-corrected chi connectivity index (χ0v) is 19.3. The van der Waals surface area contributed by atoms with E-state index in [9.17, 15) is 40.2 Å². The molecule has 0 bridgehead atoms. The highest BCUT2D eigenvalue weighted by Crippen LogP contribution is 2.44. The quantitative estimate of drug-likeness (QED) is 0.256. The van der Waals surface area contributed by atoms with E-state index < -0.39 is 43.0 Å². The van der Waals surface area contributed by atoms with Gasteiger partial charge in [-0.25, -0.2) is 0 Å².